The zero-order chi connectivity index (χ0) is 21.5. The third-order valence-electron chi connectivity index (χ3n) is 5.72. The first-order valence-corrected chi connectivity index (χ1v) is 10.2. The number of nitrogens with one attached hydrogen (secondary N) is 1. The Bertz CT molecular complexity index is 1240. The van der Waals surface area contributed by atoms with Crippen LogP contribution in [0.1, 0.15) is 29.4 Å². The Morgan fingerprint density at radius 1 is 1.32 bits per heavy atom. The van der Waals surface area contributed by atoms with Crippen molar-refractivity contribution in [2.45, 2.75) is 32.9 Å². The number of hydrogen-bond donors (Lipinski definition) is 1. The average Bonchev–Trinajstić information content (AvgIpc) is 3.56. The van der Waals surface area contributed by atoms with Crippen LogP contribution in [0.5, 0.6) is 5.88 Å². The number of H-pyrrole nitrogens is 1. The van der Waals surface area contributed by atoms with Crippen molar-refractivity contribution in [2.75, 3.05) is 13.1 Å². The second-order valence-electron chi connectivity index (χ2n) is 7.57. The molecule has 5 rings (SSSR count). The van der Waals surface area contributed by atoms with Crippen LogP contribution in [0.4, 0.5) is 0 Å². The smallest absolute Gasteiger partial charge is 0.257 e. The first-order chi connectivity index (χ1) is 15.1. The molecule has 0 radical (unpaired) electrons. The van der Waals surface area contributed by atoms with Gasteiger partial charge in [-0.25, -0.2) is 9.97 Å². The molecule has 1 fully saturated rings. The summed E-state index contributed by atoms with van der Waals surface area (Å²) in [5.74, 6) is 1.13. The van der Waals surface area contributed by atoms with E-state index in [1.807, 2.05) is 29.4 Å². The van der Waals surface area contributed by atoms with Crippen LogP contribution in [0.25, 0.3) is 22.6 Å². The van der Waals surface area contributed by atoms with Crippen LogP contribution in [0, 0.1) is 6.92 Å². The van der Waals surface area contributed by atoms with Gasteiger partial charge in [0.15, 0.2) is 11.2 Å². The Hall–Kier alpha value is -3.76. The van der Waals surface area contributed by atoms with E-state index >= 15 is 0 Å². The van der Waals surface area contributed by atoms with Crippen LogP contribution >= 0.6 is 0 Å². The molecule has 0 aliphatic carbocycles. The maximum Gasteiger partial charge on any atom is 0.257 e. The van der Waals surface area contributed by atoms with Gasteiger partial charge in [-0.3, -0.25) is 14.6 Å². The molecular formula is C20H23N9O2. The van der Waals surface area contributed by atoms with E-state index in [4.69, 9.17) is 9.72 Å². The van der Waals surface area contributed by atoms with Gasteiger partial charge in [0.05, 0.1) is 30.1 Å². The number of rotatable bonds is 5. The minimum atomic E-state index is -0.163. The topological polar surface area (TPSA) is 120 Å². The van der Waals surface area contributed by atoms with E-state index in [1.54, 1.807) is 11.1 Å². The molecule has 0 unspecified atom stereocenters. The number of ether oxygens (including phenoxy) is 1. The quantitative estimate of drug-likeness (QED) is 0.519. The van der Waals surface area contributed by atoms with Crippen molar-refractivity contribution in [1.82, 2.24) is 44.4 Å². The van der Waals surface area contributed by atoms with Crippen LogP contribution in [0.2, 0.25) is 0 Å². The van der Waals surface area contributed by atoms with Crippen molar-refractivity contribution in [3.05, 3.63) is 36.2 Å². The van der Waals surface area contributed by atoms with Gasteiger partial charge in [-0.15, -0.1) is 0 Å². The molecule has 11 heteroatoms. The first-order valence-electron chi connectivity index (χ1n) is 10.2. The largest absolute Gasteiger partial charge is 0.471 e. The zero-order valence-corrected chi connectivity index (χ0v) is 17.6. The molecule has 4 aromatic rings. The number of carbonyl (C=O) groups excluding carboxylic acids is 1. The van der Waals surface area contributed by atoms with Gasteiger partial charge in [0.1, 0.15) is 18.3 Å². The molecule has 160 valence electrons. The van der Waals surface area contributed by atoms with Crippen LogP contribution in [-0.2, 0) is 13.6 Å². The van der Waals surface area contributed by atoms with E-state index in [2.05, 4.69) is 32.2 Å². The van der Waals surface area contributed by atoms with E-state index in [1.165, 1.54) is 12.5 Å². The summed E-state index contributed by atoms with van der Waals surface area (Å²) in [5, 5.41) is 10.9. The minimum absolute atomic E-state index is 0.0591. The van der Waals surface area contributed by atoms with Gasteiger partial charge in [0.2, 0.25) is 5.88 Å². The van der Waals surface area contributed by atoms with Gasteiger partial charge in [-0.2, -0.15) is 15.2 Å². The standard InChI is InChI=1S/C20H23N9O2/c1-4-29-12(2)15(9-25-29)17-26-16-18(27(17)3)21-11-22-19(16)31-14-5-6-28(10-14)20(30)13-7-23-24-8-13/h7-9,11,14H,4-6,10H2,1-3H3,(H,23,24)/t14-/m0/s1. The zero-order valence-electron chi connectivity index (χ0n) is 17.6. The number of aryl methyl sites for hydroxylation is 2. The Morgan fingerprint density at radius 3 is 2.94 bits per heavy atom. The summed E-state index contributed by atoms with van der Waals surface area (Å²) in [6.45, 7) is 5.97. The van der Waals surface area contributed by atoms with E-state index in [9.17, 15) is 4.79 Å². The number of likely N-dealkylation sites (tertiary alicyclic amines) is 1. The molecule has 1 aliphatic rings. The summed E-state index contributed by atoms with van der Waals surface area (Å²) in [6.07, 6.45) is 6.99. The molecule has 1 atom stereocenters. The first kappa shape index (κ1) is 19.2. The highest BCUT2D eigenvalue weighted by Gasteiger charge is 2.30. The van der Waals surface area contributed by atoms with Crippen molar-refractivity contribution >= 4 is 17.1 Å². The third-order valence-corrected chi connectivity index (χ3v) is 5.72. The van der Waals surface area contributed by atoms with Crippen LogP contribution < -0.4 is 4.74 Å². The molecule has 1 aliphatic heterocycles. The van der Waals surface area contributed by atoms with Crippen LogP contribution in [-0.4, -0.2) is 69.5 Å². The Labute approximate surface area is 178 Å². The van der Waals surface area contributed by atoms with Gasteiger partial charge in [-0.05, 0) is 13.8 Å². The lowest BCUT2D eigenvalue weighted by Gasteiger charge is -2.16. The summed E-state index contributed by atoms with van der Waals surface area (Å²) in [5.41, 5.74) is 3.82. The molecule has 5 heterocycles. The lowest BCUT2D eigenvalue weighted by molar-refractivity contribution is 0.0771. The van der Waals surface area contributed by atoms with Gasteiger partial charge in [0, 0.05) is 38.4 Å². The van der Waals surface area contributed by atoms with Crippen molar-refractivity contribution in [2.24, 2.45) is 7.05 Å². The Morgan fingerprint density at radius 2 is 2.19 bits per heavy atom. The molecule has 0 bridgehead atoms. The summed E-state index contributed by atoms with van der Waals surface area (Å²) in [6, 6.07) is 0. The van der Waals surface area contributed by atoms with E-state index in [-0.39, 0.29) is 12.0 Å². The lowest BCUT2D eigenvalue weighted by atomic mass is 10.2. The average molecular weight is 421 g/mol. The molecule has 11 nitrogen and oxygen atoms in total. The summed E-state index contributed by atoms with van der Waals surface area (Å²) >= 11 is 0. The molecule has 31 heavy (non-hydrogen) atoms. The monoisotopic (exact) mass is 421 g/mol. The lowest BCUT2D eigenvalue weighted by Crippen LogP contribution is -2.30. The molecule has 4 aromatic heterocycles. The maximum atomic E-state index is 12.5. The second-order valence-corrected chi connectivity index (χ2v) is 7.57. The number of imidazole rings is 1. The molecule has 0 saturated carbocycles. The summed E-state index contributed by atoms with van der Waals surface area (Å²) in [4.78, 5) is 27.8. The fourth-order valence-electron chi connectivity index (χ4n) is 4.01. The van der Waals surface area contributed by atoms with E-state index in [0.29, 0.717) is 35.7 Å². The molecule has 1 saturated heterocycles. The molecule has 0 aromatic carbocycles. The highest BCUT2D eigenvalue weighted by atomic mass is 16.5. The van der Waals surface area contributed by atoms with Crippen molar-refractivity contribution in [1.29, 1.82) is 0 Å². The van der Waals surface area contributed by atoms with Crippen molar-refractivity contribution < 1.29 is 9.53 Å². The highest BCUT2D eigenvalue weighted by Crippen LogP contribution is 2.30. The highest BCUT2D eigenvalue weighted by molar-refractivity contribution is 5.93. The van der Waals surface area contributed by atoms with Crippen molar-refractivity contribution in [3.63, 3.8) is 0 Å². The number of amides is 1. The molecule has 1 amide bonds. The predicted molar refractivity (Wildman–Crippen MR) is 111 cm³/mol. The number of carbonyl (C=O) groups is 1. The number of nitrogens with zero attached hydrogens (tertiary/aromatic N) is 8. The van der Waals surface area contributed by atoms with Gasteiger partial charge in [0.25, 0.3) is 5.91 Å². The fourth-order valence-corrected chi connectivity index (χ4v) is 4.01. The summed E-state index contributed by atoms with van der Waals surface area (Å²) < 4.78 is 10.0. The minimum Gasteiger partial charge on any atom is -0.471 e. The van der Waals surface area contributed by atoms with Crippen LogP contribution in [0.3, 0.4) is 0 Å². The maximum absolute atomic E-state index is 12.5. The van der Waals surface area contributed by atoms with Gasteiger partial charge < -0.3 is 14.2 Å². The third kappa shape index (κ3) is 3.22. The fraction of sp³-hybridized carbons (Fsp3) is 0.400. The SMILES string of the molecule is CCn1ncc(-c2nc3c(O[C@H]4CCN(C(=O)c5cn[nH]c5)C4)ncnc3n2C)c1C. The number of aromatic nitrogens is 8. The normalized spacial score (nSPS) is 16.4. The molecular weight excluding hydrogens is 398 g/mol. The summed E-state index contributed by atoms with van der Waals surface area (Å²) in [7, 11) is 1.92. The molecule has 1 N–H and O–H groups in total. The number of aromatic amines is 1. The van der Waals surface area contributed by atoms with Gasteiger partial charge in [-0.1, -0.05) is 0 Å². The Kier molecular flexibility index (Phi) is 4.64. The number of hydrogen-bond acceptors (Lipinski definition) is 7. The Balaban J connectivity index is 1.41. The van der Waals surface area contributed by atoms with E-state index in [0.717, 1.165) is 30.0 Å². The molecule has 0 spiro atoms. The number of fused-ring (bicyclic) bond motifs is 1. The second kappa shape index (κ2) is 7.49. The van der Waals surface area contributed by atoms with Crippen molar-refractivity contribution in [3.8, 4) is 17.3 Å². The predicted octanol–water partition coefficient (Wildman–Crippen LogP) is 1.57. The van der Waals surface area contributed by atoms with Crippen LogP contribution in [0.15, 0.2) is 24.9 Å². The van der Waals surface area contributed by atoms with E-state index < -0.39 is 0 Å². The van der Waals surface area contributed by atoms with Gasteiger partial charge >= 0.3 is 0 Å².